The summed E-state index contributed by atoms with van der Waals surface area (Å²) >= 11 is 6.38. The second kappa shape index (κ2) is 5.29. The Labute approximate surface area is 132 Å². The first-order valence-electron chi connectivity index (χ1n) is 7.62. The van der Waals surface area contributed by atoms with Crippen LogP contribution in [-0.4, -0.2) is 15.2 Å². The van der Waals surface area contributed by atoms with Crippen molar-refractivity contribution in [3.8, 4) is 11.3 Å². The summed E-state index contributed by atoms with van der Waals surface area (Å²) in [5, 5.41) is 6.97. The van der Waals surface area contributed by atoms with E-state index < -0.39 is 0 Å². The summed E-state index contributed by atoms with van der Waals surface area (Å²) in [5.74, 6) is 0. The first-order valence-corrected chi connectivity index (χ1v) is 8.00. The van der Waals surface area contributed by atoms with E-state index in [-0.39, 0.29) is 5.56 Å². The molecule has 2 heterocycles. The molecule has 0 saturated carbocycles. The molecular formula is C17H16ClN3O. The standard InChI is InChI=1S/C17H16ClN3O/c18-13-9-5-4-8-12(13)15-11-7-3-1-2-6-10(11)14-16(19-15)20-21-17(14)22/h4-5,8-9H,1-3,6-7H2,(H2,19,20,21,22). The van der Waals surface area contributed by atoms with Gasteiger partial charge < -0.3 is 0 Å². The number of H-pyrrole nitrogens is 2. The number of nitrogens with one attached hydrogen (secondary N) is 2. The van der Waals surface area contributed by atoms with E-state index in [2.05, 4.69) is 10.2 Å². The van der Waals surface area contributed by atoms with E-state index in [1.54, 1.807) is 0 Å². The van der Waals surface area contributed by atoms with Crippen LogP contribution >= 0.6 is 11.6 Å². The zero-order chi connectivity index (χ0) is 15.1. The Balaban J connectivity index is 2.09. The number of hydrogen-bond acceptors (Lipinski definition) is 2. The van der Waals surface area contributed by atoms with Crippen LogP contribution in [0.4, 0.5) is 0 Å². The highest BCUT2D eigenvalue weighted by Crippen LogP contribution is 2.35. The molecule has 0 aliphatic heterocycles. The molecule has 0 atom stereocenters. The molecule has 0 spiro atoms. The maximum absolute atomic E-state index is 12.1. The highest BCUT2D eigenvalue weighted by atomic mass is 35.5. The van der Waals surface area contributed by atoms with Crippen LogP contribution in [0.5, 0.6) is 0 Å². The van der Waals surface area contributed by atoms with Crippen LogP contribution < -0.4 is 5.56 Å². The van der Waals surface area contributed by atoms with Crippen molar-refractivity contribution in [3.05, 3.63) is 50.8 Å². The van der Waals surface area contributed by atoms with Crippen molar-refractivity contribution in [2.24, 2.45) is 0 Å². The van der Waals surface area contributed by atoms with E-state index in [4.69, 9.17) is 16.6 Å². The lowest BCUT2D eigenvalue weighted by molar-refractivity contribution is 0.712. The van der Waals surface area contributed by atoms with E-state index in [9.17, 15) is 4.79 Å². The van der Waals surface area contributed by atoms with Crippen LogP contribution in [0.2, 0.25) is 5.02 Å². The van der Waals surface area contributed by atoms with Gasteiger partial charge in [-0.3, -0.25) is 15.0 Å². The van der Waals surface area contributed by atoms with Gasteiger partial charge in [-0.2, -0.15) is 0 Å². The van der Waals surface area contributed by atoms with Crippen molar-refractivity contribution in [3.63, 3.8) is 0 Å². The predicted octanol–water partition coefficient (Wildman–Crippen LogP) is 3.84. The molecule has 1 aromatic carbocycles. The van der Waals surface area contributed by atoms with Gasteiger partial charge in [-0.05, 0) is 42.9 Å². The topological polar surface area (TPSA) is 61.5 Å². The maximum atomic E-state index is 12.1. The van der Waals surface area contributed by atoms with Gasteiger partial charge in [-0.25, -0.2) is 4.98 Å². The Bertz CT molecular complexity index is 910. The summed E-state index contributed by atoms with van der Waals surface area (Å²) in [4.78, 5) is 16.8. The molecule has 0 fully saturated rings. The van der Waals surface area contributed by atoms with Crippen molar-refractivity contribution < 1.29 is 0 Å². The highest BCUT2D eigenvalue weighted by Gasteiger charge is 2.21. The normalized spacial score (nSPS) is 14.8. The van der Waals surface area contributed by atoms with Gasteiger partial charge in [0.05, 0.1) is 11.1 Å². The Morgan fingerprint density at radius 1 is 1.00 bits per heavy atom. The summed E-state index contributed by atoms with van der Waals surface area (Å²) in [6.45, 7) is 0. The number of aromatic nitrogens is 3. The second-order valence-electron chi connectivity index (χ2n) is 5.76. The molecular weight excluding hydrogens is 298 g/mol. The SMILES string of the molecule is O=c1[nH][nH]c2nc(-c3ccccc3Cl)c3c(c12)CCCCC3. The molecule has 0 bridgehead atoms. The van der Waals surface area contributed by atoms with Crippen molar-refractivity contribution >= 4 is 22.6 Å². The lowest BCUT2D eigenvalue weighted by Crippen LogP contribution is -2.06. The maximum Gasteiger partial charge on any atom is 0.273 e. The van der Waals surface area contributed by atoms with Gasteiger partial charge in [0.1, 0.15) is 0 Å². The monoisotopic (exact) mass is 313 g/mol. The smallest absolute Gasteiger partial charge is 0.273 e. The van der Waals surface area contributed by atoms with Crippen molar-refractivity contribution in [1.29, 1.82) is 0 Å². The van der Waals surface area contributed by atoms with Crippen LogP contribution in [0.3, 0.4) is 0 Å². The van der Waals surface area contributed by atoms with Crippen molar-refractivity contribution in [1.82, 2.24) is 15.2 Å². The molecule has 0 saturated heterocycles. The molecule has 2 N–H and O–H groups in total. The first-order chi connectivity index (χ1) is 10.8. The van der Waals surface area contributed by atoms with Crippen LogP contribution in [-0.2, 0) is 12.8 Å². The van der Waals surface area contributed by atoms with Gasteiger partial charge in [-0.1, -0.05) is 36.2 Å². The number of nitrogens with zero attached hydrogens (tertiary/aromatic N) is 1. The number of aromatic amines is 2. The minimum absolute atomic E-state index is 0.0774. The lowest BCUT2D eigenvalue weighted by atomic mass is 9.95. The van der Waals surface area contributed by atoms with E-state index >= 15 is 0 Å². The first kappa shape index (κ1) is 13.6. The van der Waals surface area contributed by atoms with Crippen LogP contribution in [0.15, 0.2) is 29.1 Å². The zero-order valence-corrected chi connectivity index (χ0v) is 12.8. The van der Waals surface area contributed by atoms with E-state index in [1.165, 1.54) is 12.0 Å². The summed E-state index contributed by atoms with van der Waals surface area (Å²) in [6, 6.07) is 7.76. The molecule has 0 radical (unpaired) electrons. The molecule has 2 aromatic heterocycles. The van der Waals surface area contributed by atoms with Gasteiger partial charge >= 0.3 is 0 Å². The largest absolute Gasteiger partial charge is 0.281 e. The van der Waals surface area contributed by atoms with Crippen LogP contribution in [0.1, 0.15) is 30.4 Å². The second-order valence-corrected chi connectivity index (χ2v) is 6.17. The Morgan fingerprint density at radius 3 is 2.59 bits per heavy atom. The summed E-state index contributed by atoms with van der Waals surface area (Å²) in [6.07, 6.45) is 5.29. The molecule has 5 heteroatoms. The number of pyridine rings is 1. The molecule has 4 rings (SSSR count). The van der Waals surface area contributed by atoms with E-state index in [0.717, 1.165) is 42.5 Å². The molecule has 3 aromatic rings. The minimum atomic E-state index is -0.0774. The summed E-state index contributed by atoms with van der Waals surface area (Å²) < 4.78 is 0. The minimum Gasteiger partial charge on any atom is -0.281 e. The number of benzene rings is 1. The molecule has 0 unspecified atom stereocenters. The van der Waals surface area contributed by atoms with Crippen molar-refractivity contribution in [2.75, 3.05) is 0 Å². The van der Waals surface area contributed by atoms with Crippen LogP contribution in [0.25, 0.3) is 22.3 Å². The average Bonchev–Trinajstić information content (AvgIpc) is 2.74. The number of halogens is 1. The fourth-order valence-electron chi connectivity index (χ4n) is 3.39. The van der Waals surface area contributed by atoms with E-state index in [1.807, 2.05) is 24.3 Å². The molecule has 1 aliphatic rings. The molecule has 4 nitrogen and oxygen atoms in total. The molecule has 112 valence electrons. The summed E-state index contributed by atoms with van der Waals surface area (Å²) in [7, 11) is 0. The van der Waals surface area contributed by atoms with Gasteiger partial charge in [0, 0.05) is 10.6 Å². The third-order valence-electron chi connectivity index (χ3n) is 4.42. The predicted molar refractivity (Wildman–Crippen MR) is 88.4 cm³/mol. The van der Waals surface area contributed by atoms with E-state index in [0.29, 0.717) is 16.1 Å². The lowest BCUT2D eigenvalue weighted by Gasteiger charge is -2.13. The molecule has 22 heavy (non-hydrogen) atoms. The average molecular weight is 314 g/mol. The number of aryl methyl sites for hydroxylation is 1. The fraction of sp³-hybridized carbons (Fsp3) is 0.294. The molecule has 1 aliphatic carbocycles. The number of rotatable bonds is 1. The molecule has 0 amide bonds. The quantitative estimate of drug-likeness (QED) is 0.670. The van der Waals surface area contributed by atoms with Gasteiger partial charge in [-0.15, -0.1) is 0 Å². The number of hydrogen-bond donors (Lipinski definition) is 2. The zero-order valence-electron chi connectivity index (χ0n) is 12.1. The third kappa shape index (κ3) is 2.06. The van der Waals surface area contributed by atoms with Gasteiger partial charge in [0.2, 0.25) is 0 Å². The Hall–Kier alpha value is -2.07. The number of fused-ring (bicyclic) bond motifs is 3. The Kier molecular flexibility index (Phi) is 3.26. The van der Waals surface area contributed by atoms with Crippen LogP contribution in [0, 0.1) is 0 Å². The highest BCUT2D eigenvalue weighted by molar-refractivity contribution is 6.33. The third-order valence-corrected chi connectivity index (χ3v) is 4.75. The summed E-state index contributed by atoms with van der Waals surface area (Å²) in [5.41, 5.74) is 4.71. The van der Waals surface area contributed by atoms with Crippen molar-refractivity contribution in [2.45, 2.75) is 32.1 Å². The fourth-order valence-corrected chi connectivity index (χ4v) is 3.61. The Morgan fingerprint density at radius 2 is 1.77 bits per heavy atom. The van der Waals surface area contributed by atoms with Gasteiger partial charge in [0.15, 0.2) is 5.65 Å². The van der Waals surface area contributed by atoms with Gasteiger partial charge in [0.25, 0.3) is 5.56 Å².